The summed E-state index contributed by atoms with van der Waals surface area (Å²) < 4.78 is 10.2. The van der Waals surface area contributed by atoms with Crippen LogP contribution in [0.2, 0.25) is 0 Å². The number of carbonyl (C=O) groups is 2. The van der Waals surface area contributed by atoms with Gasteiger partial charge in [-0.25, -0.2) is 4.79 Å². The Morgan fingerprint density at radius 2 is 1.91 bits per heavy atom. The zero-order valence-electron chi connectivity index (χ0n) is 13.0. The summed E-state index contributed by atoms with van der Waals surface area (Å²) in [4.78, 5) is 27.0. The van der Waals surface area contributed by atoms with Gasteiger partial charge < -0.3 is 19.7 Å². The van der Waals surface area contributed by atoms with Crippen LogP contribution in [0.25, 0.3) is 5.57 Å². The molecular weight excluding hydrogens is 302 g/mol. The highest BCUT2D eigenvalue weighted by Crippen LogP contribution is 2.40. The molecular formula is C16H17NO6. The Hall–Kier alpha value is -2.83. The second-order valence-corrected chi connectivity index (χ2v) is 5.38. The van der Waals surface area contributed by atoms with Gasteiger partial charge in [-0.2, -0.15) is 4.98 Å². The lowest BCUT2D eigenvalue weighted by Crippen LogP contribution is -2.29. The molecule has 0 fully saturated rings. The number of carboxylic acids is 2. The number of ether oxygens (including phenoxy) is 2. The van der Waals surface area contributed by atoms with Gasteiger partial charge in [0.25, 0.3) is 0 Å². The Kier molecular flexibility index (Phi) is 4.40. The first-order valence-electron chi connectivity index (χ1n) is 6.80. The number of pyridine rings is 1. The SMILES string of the molecule is COc1ccc(C2=CC(C)(C(=O)O)CC(C(=O)O)=C2)c(OC)n1. The van der Waals surface area contributed by atoms with Gasteiger partial charge in [-0.1, -0.05) is 6.08 Å². The van der Waals surface area contributed by atoms with Crippen LogP contribution in [0, 0.1) is 5.41 Å². The number of methoxy groups -OCH3 is 2. The molecule has 1 aliphatic carbocycles. The fraction of sp³-hybridized carbons (Fsp3) is 0.312. The summed E-state index contributed by atoms with van der Waals surface area (Å²) in [6.07, 6.45) is 2.87. The lowest BCUT2D eigenvalue weighted by molar-refractivity contribution is -0.145. The van der Waals surface area contributed by atoms with Crippen LogP contribution in [-0.4, -0.2) is 41.4 Å². The number of aliphatic carboxylic acids is 2. The number of hydrogen-bond acceptors (Lipinski definition) is 5. The molecule has 0 aliphatic heterocycles. The standard InChI is InChI=1S/C16H17NO6/c1-16(15(20)21)7-9(6-10(8-16)14(18)19)11-4-5-12(22-2)17-13(11)23-3/h4-7H,8H2,1-3H3,(H,18,19)(H,20,21). The minimum Gasteiger partial charge on any atom is -0.481 e. The maximum atomic E-state index is 11.5. The lowest BCUT2D eigenvalue weighted by atomic mass is 9.76. The predicted octanol–water partition coefficient (Wildman–Crippen LogP) is 1.99. The molecule has 1 aromatic heterocycles. The Labute approximate surface area is 132 Å². The van der Waals surface area contributed by atoms with Gasteiger partial charge in [-0.15, -0.1) is 0 Å². The van der Waals surface area contributed by atoms with Crippen molar-refractivity contribution in [3.8, 4) is 11.8 Å². The molecule has 122 valence electrons. The number of rotatable bonds is 5. The molecule has 23 heavy (non-hydrogen) atoms. The van der Waals surface area contributed by atoms with Crippen LogP contribution in [0.5, 0.6) is 11.8 Å². The molecule has 1 unspecified atom stereocenters. The summed E-state index contributed by atoms with van der Waals surface area (Å²) >= 11 is 0. The summed E-state index contributed by atoms with van der Waals surface area (Å²) in [6.45, 7) is 1.48. The third kappa shape index (κ3) is 3.18. The molecule has 0 bridgehead atoms. The topological polar surface area (TPSA) is 106 Å². The first-order chi connectivity index (χ1) is 10.8. The number of nitrogens with zero attached hydrogens (tertiary/aromatic N) is 1. The fourth-order valence-corrected chi connectivity index (χ4v) is 2.41. The molecule has 7 nitrogen and oxygen atoms in total. The molecule has 2 rings (SSSR count). The molecule has 0 radical (unpaired) electrons. The van der Waals surface area contributed by atoms with Gasteiger partial charge in [0.1, 0.15) is 0 Å². The first kappa shape index (κ1) is 16.5. The van der Waals surface area contributed by atoms with Crippen molar-refractivity contribution in [2.75, 3.05) is 14.2 Å². The first-order valence-corrected chi connectivity index (χ1v) is 6.80. The average molecular weight is 319 g/mol. The smallest absolute Gasteiger partial charge is 0.331 e. The van der Waals surface area contributed by atoms with Crippen molar-refractivity contribution in [1.29, 1.82) is 0 Å². The molecule has 1 aliphatic rings. The van der Waals surface area contributed by atoms with Crippen LogP contribution >= 0.6 is 0 Å². The highest BCUT2D eigenvalue weighted by Gasteiger charge is 2.37. The summed E-state index contributed by atoms with van der Waals surface area (Å²) in [5.74, 6) is -1.68. The summed E-state index contributed by atoms with van der Waals surface area (Å²) in [5.41, 5.74) is -0.363. The van der Waals surface area contributed by atoms with Crippen molar-refractivity contribution >= 4 is 17.5 Å². The molecule has 0 amide bonds. The van der Waals surface area contributed by atoms with E-state index in [1.807, 2.05) is 0 Å². The van der Waals surface area contributed by atoms with Crippen LogP contribution in [-0.2, 0) is 9.59 Å². The van der Waals surface area contributed by atoms with Gasteiger partial charge in [0.2, 0.25) is 11.8 Å². The van der Waals surface area contributed by atoms with E-state index < -0.39 is 17.4 Å². The summed E-state index contributed by atoms with van der Waals surface area (Å²) in [6, 6.07) is 3.25. The number of carboxylic acid groups (broad SMARTS) is 2. The summed E-state index contributed by atoms with van der Waals surface area (Å²) in [5, 5.41) is 18.7. The van der Waals surface area contributed by atoms with E-state index in [0.717, 1.165) is 0 Å². The minimum absolute atomic E-state index is 0.0188. The quantitative estimate of drug-likeness (QED) is 0.854. The molecule has 1 aromatic rings. The number of aromatic nitrogens is 1. The van der Waals surface area contributed by atoms with Crippen LogP contribution in [0.3, 0.4) is 0 Å². The Morgan fingerprint density at radius 3 is 2.43 bits per heavy atom. The molecule has 0 saturated heterocycles. The zero-order valence-corrected chi connectivity index (χ0v) is 13.0. The zero-order chi connectivity index (χ0) is 17.2. The molecule has 2 N–H and O–H groups in total. The van der Waals surface area contributed by atoms with E-state index in [-0.39, 0.29) is 17.9 Å². The highest BCUT2D eigenvalue weighted by atomic mass is 16.5. The normalized spacial score (nSPS) is 20.3. The van der Waals surface area contributed by atoms with Gasteiger partial charge in [0.15, 0.2) is 0 Å². The van der Waals surface area contributed by atoms with Crippen molar-refractivity contribution in [2.45, 2.75) is 13.3 Å². The van der Waals surface area contributed by atoms with E-state index >= 15 is 0 Å². The van der Waals surface area contributed by atoms with Crippen LogP contribution < -0.4 is 9.47 Å². The Balaban J connectivity index is 2.61. The molecule has 7 heteroatoms. The van der Waals surface area contributed by atoms with E-state index in [9.17, 15) is 19.8 Å². The maximum absolute atomic E-state index is 11.5. The van der Waals surface area contributed by atoms with Crippen LogP contribution in [0.15, 0.2) is 29.9 Å². The van der Waals surface area contributed by atoms with Crippen molar-refractivity contribution < 1.29 is 29.3 Å². The fourth-order valence-electron chi connectivity index (χ4n) is 2.41. The van der Waals surface area contributed by atoms with Crippen LogP contribution in [0.1, 0.15) is 18.9 Å². The average Bonchev–Trinajstić information content (AvgIpc) is 2.53. The molecule has 0 saturated carbocycles. The molecule has 0 aromatic carbocycles. The van der Waals surface area contributed by atoms with Crippen molar-refractivity contribution in [2.24, 2.45) is 5.41 Å². The van der Waals surface area contributed by atoms with Crippen LogP contribution in [0.4, 0.5) is 0 Å². The predicted molar refractivity (Wildman–Crippen MR) is 81.4 cm³/mol. The third-order valence-electron chi connectivity index (χ3n) is 3.67. The number of hydrogen-bond donors (Lipinski definition) is 2. The monoisotopic (exact) mass is 319 g/mol. The number of allylic oxidation sites excluding steroid dienone is 2. The highest BCUT2D eigenvalue weighted by molar-refractivity contribution is 5.96. The largest absolute Gasteiger partial charge is 0.481 e. The lowest BCUT2D eigenvalue weighted by Gasteiger charge is -2.26. The molecule has 1 atom stereocenters. The van der Waals surface area contributed by atoms with Gasteiger partial charge in [-0.05, 0) is 31.1 Å². The van der Waals surface area contributed by atoms with E-state index in [0.29, 0.717) is 17.0 Å². The van der Waals surface area contributed by atoms with Crippen molar-refractivity contribution in [1.82, 2.24) is 4.98 Å². The third-order valence-corrected chi connectivity index (χ3v) is 3.67. The van der Waals surface area contributed by atoms with E-state index in [2.05, 4.69) is 4.98 Å². The van der Waals surface area contributed by atoms with E-state index in [1.165, 1.54) is 33.3 Å². The molecule has 1 heterocycles. The van der Waals surface area contributed by atoms with Gasteiger partial charge in [0.05, 0.1) is 19.6 Å². The Morgan fingerprint density at radius 1 is 1.22 bits per heavy atom. The second-order valence-electron chi connectivity index (χ2n) is 5.38. The van der Waals surface area contributed by atoms with Gasteiger partial charge >= 0.3 is 11.9 Å². The Bertz CT molecular complexity index is 721. The minimum atomic E-state index is -1.32. The van der Waals surface area contributed by atoms with Crippen molar-refractivity contribution in [3.05, 3.63) is 35.4 Å². The van der Waals surface area contributed by atoms with E-state index in [1.54, 1.807) is 12.1 Å². The van der Waals surface area contributed by atoms with Gasteiger partial charge in [-0.3, -0.25) is 4.79 Å². The second kappa shape index (κ2) is 6.12. The van der Waals surface area contributed by atoms with Gasteiger partial charge in [0, 0.05) is 17.2 Å². The van der Waals surface area contributed by atoms with Crippen molar-refractivity contribution in [3.63, 3.8) is 0 Å². The maximum Gasteiger partial charge on any atom is 0.331 e. The summed E-state index contributed by atoms with van der Waals surface area (Å²) in [7, 11) is 2.89. The van der Waals surface area contributed by atoms with E-state index in [4.69, 9.17) is 9.47 Å². The molecule has 0 spiro atoms.